The quantitative estimate of drug-likeness (QED) is 0.701. The van der Waals surface area contributed by atoms with E-state index in [1.54, 1.807) is 12.5 Å². The minimum atomic E-state index is 0.485. The molecule has 2 atom stereocenters. The number of ether oxygens (including phenoxy) is 1. The van der Waals surface area contributed by atoms with Gasteiger partial charge in [0.25, 0.3) is 0 Å². The fourth-order valence-electron chi connectivity index (χ4n) is 3.67. The van der Waals surface area contributed by atoms with Gasteiger partial charge in [-0.2, -0.15) is 15.1 Å². The number of fused-ring (bicyclic) bond motifs is 3. The first-order valence-electron chi connectivity index (χ1n) is 8.67. The Morgan fingerprint density at radius 1 is 1.20 bits per heavy atom. The molecule has 9 nitrogen and oxygen atoms in total. The molecule has 3 aromatic heterocycles. The molecule has 0 saturated carbocycles. The highest BCUT2D eigenvalue weighted by Crippen LogP contribution is 2.27. The third kappa shape index (κ3) is 2.80. The number of aromatic amines is 1. The van der Waals surface area contributed by atoms with Crippen molar-refractivity contribution in [1.29, 1.82) is 0 Å². The zero-order valence-corrected chi connectivity index (χ0v) is 13.8. The summed E-state index contributed by atoms with van der Waals surface area (Å²) in [4.78, 5) is 18.9. The molecule has 5 rings (SSSR count). The standard InChI is InChI=1S/C16H20N8O/c1-4-19-24(5-1)6-7-25-15-13-14(18-10-17-13)21-16(22-15)23-8-11-2-3-12(9-23)20-11/h1,4-5,10-12,20H,2-3,6-9H2,(H,17,18,21,22). The summed E-state index contributed by atoms with van der Waals surface area (Å²) in [7, 11) is 0. The molecule has 2 saturated heterocycles. The molecular formula is C16H20N8O. The van der Waals surface area contributed by atoms with E-state index >= 15 is 0 Å². The third-order valence-corrected chi connectivity index (χ3v) is 4.86. The number of hydrogen-bond donors (Lipinski definition) is 2. The second kappa shape index (κ2) is 5.99. The molecule has 3 aromatic rings. The van der Waals surface area contributed by atoms with E-state index in [0.717, 1.165) is 18.6 Å². The lowest BCUT2D eigenvalue weighted by atomic mass is 10.2. The van der Waals surface area contributed by atoms with Crippen molar-refractivity contribution in [2.75, 3.05) is 24.6 Å². The largest absolute Gasteiger partial charge is 0.474 e. The maximum Gasteiger partial charge on any atom is 0.245 e. The van der Waals surface area contributed by atoms with E-state index in [-0.39, 0.29) is 0 Å². The molecule has 2 N–H and O–H groups in total. The monoisotopic (exact) mass is 340 g/mol. The number of anilines is 1. The summed E-state index contributed by atoms with van der Waals surface area (Å²) in [5.74, 6) is 1.25. The molecule has 0 aromatic carbocycles. The van der Waals surface area contributed by atoms with Crippen molar-refractivity contribution in [3.63, 3.8) is 0 Å². The summed E-state index contributed by atoms with van der Waals surface area (Å²) in [5, 5.41) is 7.81. The van der Waals surface area contributed by atoms with Crippen LogP contribution >= 0.6 is 0 Å². The first-order valence-corrected chi connectivity index (χ1v) is 8.67. The fraction of sp³-hybridized carbons (Fsp3) is 0.500. The van der Waals surface area contributed by atoms with Crippen molar-refractivity contribution >= 4 is 17.1 Å². The number of aromatic nitrogens is 6. The van der Waals surface area contributed by atoms with Gasteiger partial charge in [0.05, 0.1) is 12.9 Å². The Morgan fingerprint density at radius 2 is 2.08 bits per heavy atom. The lowest BCUT2D eigenvalue weighted by Gasteiger charge is -2.32. The summed E-state index contributed by atoms with van der Waals surface area (Å²) in [6, 6.07) is 2.96. The highest BCUT2D eigenvalue weighted by Gasteiger charge is 2.33. The van der Waals surface area contributed by atoms with Crippen LogP contribution in [0.25, 0.3) is 11.2 Å². The number of nitrogens with zero attached hydrogens (tertiary/aromatic N) is 6. The Labute approximate surface area is 144 Å². The molecule has 5 heterocycles. The van der Waals surface area contributed by atoms with Gasteiger partial charge in [0.2, 0.25) is 11.8 Å². The van der Waals surface area contributed by atoms with Crippen molar-refractivity contribution < 1.29 is 4.74 Å². The van der Waals surface area contributed by atoms with Gasteiger partial charge in [-0.15, -0.1) is 0 Å². The minimum absolute atomic E-state index is 0.485. The fourth-order valence-corrected chi connectivity index (χ4v) is 3.67. The molecule has 2 aliphatic rings. The number of H-pyrrole nitrogens is 1. The number of hydrogen-bond acceptors (Lipinski definition) is 7. The van der Waals surface area contributed by atoms with Gasteiger partial charge in [0.15, 0.2) is 5.65 Å². The van der Waals surface area contributed by atoms with Crippen LogP contribution in [0.1, 0.15) is 12.8 Å². The van der Waals surface area contributed by atoms with Crippen LogP contribution < -0.4 is 15.0 Å². The van der Waals surface area contributed by atoms with Gasteiger partial charge >= 0.3 is 0 Å². The summed E-state index contributed by atoms with van der Waals surface area (Å²) in [6.07, 6.45) is 7.74. The van der Waals surface area contributed by atoms with Gasteiger partial charge < -0.3 is 19.9 Å². The molecule has 9 heteroatoms. The van der Waals surface area contributed by atoms with Crippen LogP contribution in [-0.2, 0) is 6.54 Å². The molecular weight excluding hydrogens is 320 g/mol. The Hall–Kier alpha value is -2.68. The molecule has 2 aliphatic heterocycles. The van der Waals surface area contributed by atoms with Crippen LogP contribution in [0.5, 0.6) is 5.88 Å². The van der Waals surface area contributed by atoms with Crippen molar-refractivity contribution in [1.82, 2.24) is 35.0 Å². The SMILES string of the molecule is c1cnn(CCOc2nc(N3CC4CCC(C3)N4)nc3nc[nH]c23)c1. The Bertz CT molecular complexity index is 848. The Balaban J connectivity index is 1.38. The summed E-state index contributed by atoms with van der Waals surface area (Å²) in [6.45, 7) is 3.01. The molecule has 0 spiro atoms. The minimum Gasteiger partial charge on any atom is -0.474 e. The summed E-state index contributed by atoms with van der Waals surface area (Å²) < 4.78 is 7.76. The van der Waals surface area contributed by atoms with Crippen molar-refractivity contribution in [3.8, 4) is 5.88 Å². The normalized spacial score (nSPS) is 22.6. The number of piperazine rings is 1. The van der Waals surface area contributed by atoms with Gasteiger partial charge in [0.1, 0.15) is 12.1 Å². The van der Waals surface area contributed by atoms with E-state index in [2.05, 4.69) is 35.3 Å². The molecule has 2 unspecified atom stereocenters. The predicted octanol–water partition coefficient (Wildman–Crippen LogP) is 0.569. The average Bonchev–Trinajstić information content (AvgIpc) is 3.36. The van der Waals surface area contributed by atoms with E-state index in [9.17, 15) is 0 Å². The maximum absolute atomic E-state index is 5.93. The van der Waals surface area contributed by atoms with Crippen LogP contribution in [0.4, 0.5) is 5.95 Å². The first-order chi connectivity index (χ1) is 12.3. The maximum atomic E-state index is 5.93. The Morgan fingerprint density at radius 3 is 2.88 bits per heavy atom. The number of imidazole rings is 1. The smallest absolute Gasteiger partial charge is 0.245 e. The first kappa shape index (κ1) is 14.6. The van der Waals surface area contributed by atoms with Gasteiger partial charge in [-0.1, -0.05) is 0 Å². The second-order valence-electron chi connectivity index (χ2n) is 6.59. The molecule has 25 heavy (non-hydrogen) atoms. The summed E-state index contributed by atoms with van der Waals surface area (Å²) in [5.41, 5.74) is 1.38. The van der Waals surface area contributed by atoms with E-state index in [1.807, 2.05) is 16.9 Å². The van der Waals surface area contributed by atoms with E-state index in [4.69, 9.17) is 4.74 Å². The molecule has 2 fully saturated rings. The van der Waals surface area contributed by atoms with E-state index in [1.165, 1.54) is 12.8 Å². The number of rotatable bonds is 5. The predicted molar refractivity (Wildman–Crippen MR) is 91.6 cm³/mol. The van der Waals surface area contributed by atoms with Crippen LogP contribution in [0.3, 0.4) is 0 Å². The van der Waals surface area contributed by atoms with Crippen molar-refractivity contribution in [2.24, 2.45) is 0 Å². The zero-order valence-electron chi connectivity index (χ0n) is 13.8. The van der Waals surface area contributed by atoms with Crippen LogP contribution in [0, 0.1) is 0 Å². The molecule has 2 bridgehead atoms. The molecule has 0 amide bonds. The average molecular weight is 340 g/mol. The third-order valence-electron chi connectivity index (χ3n) is 4.86. The topological polar surface area (TPSA) is 96.8 Å². The van der Waals surface area contributed by atoms with Gasteiger partial charge in [0, 0.05) is 37.6 Å². The lowest BCUT2D eigenvalue weighted by molar-refractivity contribution is 0.283. The molecule has 0 radical (unpaired) electrons. The van der Waals surface area contributed by atoms with Gasteiger partial charge in [-0.05, 0) is 18.9 Å². The lowest BCUT2D eigenvalue weighted by Crippen LogP contribution is -2.51. The second-order valence-corrected chi connectivity index (χ2v) is 6.59. The Kier molecular flexibility index (Phi) is 3.51. The van der Waals surface area contributed by atoms with Crippen LogP contribution in [-0.4, -0.2) is 61.5 Å². The van der Waals surface area contributed by atoms with Crippen LogP contribution in [0.2, 0.25) is 0 Å². The molecule has 0 aliphatic carbocycles. The highest BCUT2D eigenvalue weighted by molar-refractivity contribution is 5.77. The molecule has 130 valence electrons. The van der Waals surface area contributed by atoms with Gasteiger partial charge in [-0.3, -0.25) is 4.68 Å². The van der Waals surface area contributed by atoms with Crippen molar-refractivity contribution in [2.45, 2.75) is 31.5 Å². The zero-order chi connectivity index (χ0) is 16.6. The van der Waals surface area contributed by atoms with Crippen LogP contribution in [0.15, 0.2) is 24.8 Å². The van der Waals surface area contributed by atoms with Crippen molar-refractivity contribution in [3.05, 3.63) is 24.8 Å². The number of nitrogens with one attached hydrogen (secondary N) is 2. The van der Waals surface area contributed by atoms with E-state index in [0.29, 0.717) is 42.7 Å². The van der Waals surface area contributed by atoms with E-state index < -0.39 is 0 Å². The summed E-state index contributed by atoms with van der Waals surface area (Å²) >= 11 is 0. The van der Waals surface area contributed by atoms with Gasteiger partial charge in [-0.25, -0.2) is 4.98 Å². The highest BCUT2D eigenvalue weighted by atomic mass is 16.5.